The van der Waals surface area contributed by atoms with Crippen LogP contribution < -0.4 is 0 Å². The molecule has 5 unspecified atom stereocenters. The van der Waals surface area contributed by atoms with Crippen LogP contribution in [0.5, 0.6) is 17.2 Å². The van der Waals surface area contributed by atoms with Crippen molar-refractivity contribution in [1.29, 1.82) is 0 Å². The molecule has 0 spiro atoms. The van der Waals surface area contributed by atoms with Crippen LogP contribution in [0.15, 0.2) is 12.1 Å². The number of hydrogen-bond donors (Lipinski definition) is 7. The number of esters is 1. The molecule has 9 nitrogen and oxygen atoms in total. The van der Waals surface area contributed by atoms with Crippen LogP contribution in [0, 0.1) is 0 Å². The van der Waals surface area contributed by atoms with Gasteiger partial charge in [-0.3, -0.25) is 0 Å². The van der Waals surface area contributed by atoms with Gasteiger partial charge in [-0.2, -0.15) is 0 Å². The van der Waals surface area contributed by atoms with Crippen molar-refractivity contribution in [2.24, 2.45) is 0 Å². The summed E-state index contributed by atoms with van der Waals surface area (Å²) in [4.78, 5) is 11.9. The van der Waals surface area contributed by atoms with Crippen LogP contribution in [0.25, 0.3) is 0 Å². The zero-order valence-corrected chi connectivity index (χ0v) is 11.2. The van der Waals surface area contributed by atoms with Gasteiger partial charge in [0.15, 0.2) is 17.2 Å². The van der Waals surface area contributed by atoms with Crippen LogP contribution in [0.3, 0.4) is 0 Å². The summed E-state index contributed by atoms with van der Waals surface area (Å²) in [7, 11) is 0. The van der Waals surface area contributed by atoms with Gasteiger partial charge in [-0.05, 0) is 12.1 Å². The van der Waals surface area contributed by atoms with Crippen LogP contribution in [-0.4, -0.2) is 72.2 Å². The van der Waals surface area contributed by atoms with E-state index >= 15 is 0 Å². The molecule has 0 aliphatic heterocycles. The van der Waals surface area contributed by atoms with Crippen LogP contribution in [0.4, 0.5) is 0 Å². The minimum Gasteiger partial charge on any atom is -0.504 e. The average molecular weight is 316 g/mol. The maximum absolute atomic E-state index is 11.9. The molecule has 1 saturated carbocycles. The Morgan fingerprint density at radius 2 is 1.50 bits per heavy atom. The molecule has 1 aliphatic rings. The Morgan fingerprint density at radius 3 is 2.05 bits per heavy atom. The van der Waals surface area contributed by atoms with Crippen molar-refractivity contribution >= 4 is 5.97 Å². The lowest BCUT2D eigenvalue weighted by Gasteiger charge is -2.37. The molecule has 122 valence electrons. The lowest BCUT2D eigenvalue weighted by molar-refractivity contribution is -0.177. The maximum atomic E-state index is 11.9. The molecular formula is C13H16O9. The number of aromatic hydroxyl groups is 3. The number of aliphatic hydroxyl groups excluding tert-OH is 4. The van der Waals surface area contributed by atoms with Crippen molar-refractivity contribution in [2.75, 3.05) is 0 Å². The number of hydrogen-bond acceptors (Lipinski definition) is 9. The Kier molecular flexibility index (Phi) is 4.42. The summed E-state index contributed by atoms with van der Waals surface area (Å²) in [6, 6.07) is 1.68. The maximum Gasteiger partial charge on any atom is 0.338 e. The van der Waals surface area contributed by atoms with Crippen LogP contribution in [0.2, 0.25) is 0 Å². The molecule has 22 heavy (non-hydrogen) atoms. The number of rotatable bonds is 2. The van der Waals surface area contributed by atoms with Gasteiger partial charge in [-0.15, -0.1) is 0 Å². The van der Waals surface area contributed by atoms with E-state index in [2.05, 4.69) is 0 Å². The highest BCUT2D eigenvalue weighted by atomic mass is 16.6. The predicted octanol–water partition coefficient (Wildman–Crippen LogP) is -1.82. The van der Waals surface area contributed by atoms with Crippen molar-refractivity contribution in [3.05, 3.63) is 17.7 Å². The van der Waals surface area contributed by atoms with E-state index < -0.39 is 53.7 Å². The van der Waals surface area contributed by atoms with Crippen LogP contribution in [0.1, 0.15) is 16.8 Å². The van der Waals surface area contributed by atoms with Gasteiger partial charge in [-0.1, -0.05) is 0 Å². The molecule has 1 aromatic carbocycles. The van der Waals surface area contributed by atoms with Crippen molar-refractivity contribution in [3.8, 4) is 17.2 Å². The minimum atomic E-state index is -1.69. The highest BCUT2D eigenvalue weighted by Crippen LogP contribution is 2.36. The van der Waals surface area contributed by atoms with Crippen molar-refractivity contribution in [2.45, 2.75) is 36.9 Å². The number of phenolic OH excluding ortho intramolecular Hbond substituents is 3. The molecule has 0 radical (unpaired) electrons. The first-order chi connectivity index (χ1) is 10.2. The van der Waals surface area contributed by atoms with Gasteiger partial charge in [0.2, 0.25) is 0 Å². The summed E-state index contributed by atoms with van der Waals surface area (Å²) >= 11 is 0. The molecule has 1 aromatic rings. The van der Waals surface area contributed by atoms with Gasteiger partial charge in [0.25, 0.3) is 0 Å². The number of aliphatic hydroxyl groups is 4. The lowest BCUT2D eigenvalue weighted by Crippen LogP contribution is -2.56. The second-order valence-electron chi connectivity index (χ2n) is 5.08. The lowest BCUT2D eigenvalue weighted by atomic mass is 9.87. The van der Waals surface area contributed by atoms with E-state index in [-0.39, 0.29) is 12.0 Å². The summed E-state index contributed by atoms with van der Waals surface area (Å²) < 4.78 is 4.90. The molecule has 2 rings (SSSR count). The Bertz CT molecular complexity index is 550. The number of carbonyl (C=O) groups is 1. The van der Waals surface area contributed by atoms with E-state index in [0.29, 0.717) is 0 Å². The number of phenols is 3. The fourth-order valence-electron chi connectivity index (χ4n) is 2.21. The smallest absolute Gasteiger partial charge is 0.338 e. The molecule has 0 saturated heterocycles. The van der Waals surface area contributed by atoms with Gasteiger partial charge >= 0.3 is 5.97 Å². The number of benzene rings is 1. The Labute approximate surface area is 124 Å². The summed E-state index contributed by atoms with van der Waals surface area (Å²) in [6.45, 7) is 0. The zero-order chi connectivity index (χ0) is 16.6. The van der Waals surface area contributed by atoms with Crippen molar-refractivity contribution in [1.82, 2.24) is 0 Å². The second-order valence-corrected chi connectivity index (χ2v) is 5.08. The molecular weight excluding hydrogens is 300 g/mol. The first kappa shape index (κ1) is 16.3. The van der Waals surface area contributed by atoms with Crippen molar-refractivity contribution < 1.29 is 45.3 Å². The zero-order valence-electron chi connectivity index (χ0n) is 11.2. The SMILES string of the molecule is O=C(OC1CC(O)C(O)C(O)C1O)c1cc(O)c(O)c(O)c1. The summed E-state index contributed by atoms with van der Waals surface area (Å²) in [5, 5.41) is 66.0. The molecule has 1 fully saturated rings. The molecule has 0 amide bonds. The van der Waals surface area contributed by atoms with Gasteiger partial charge in [0, 0.05) is 6.42 Å². The summed E-state index contributed by atoms with van der Waals surface area (Å²) in [5.41, 5.74) is -0.310. The molecule has 9 heteroatoms. The molecule has 0 aromatic heterocycles. The largest absolute Gasteiger partial charge is 0.504 e. The third-order valence-corrected chi connectivity index (χ3v) is 3.51. The first-order valence-electron chi connectivity index (χ1n) is 6.40. The standard InChI is InChI=1S/C13H16O9/c14-5-1-4(2-6(15)9(5)17)13(21)22-8-3-7(16)10(18)12(20)11(8)19/h1-2,7-8,10-12,14-20H,3H2. The fourth-order valence-corrected chi connectivity index (χ4v) is 2.21. The van der Waals surface area contributed by atoms with E-state index in [1.54, 1.807) is 0 Å². The Balaban J connectivity index is 2.15. The molecule has 1 aliphatic carbocycles. The number of ether oxygens (including phenoxy) is 1. The Morgan fingerprint density at radius 1 is 0.955 bits per heavy atom. The van der Waals surface area contributed by atoms with Crippen LogP contribution in [-0.2, 0) is 4.74 Å². The minimum absolute atomic E-state index is 0.304. The third-order valence-electron chi connectivity index (χ3n) is 3.51. The monoisotopic (exact) mass is 316 g/mol. The van der Waals surface area contributed by atoms with Gasteiger partial charge in [0.1, 0.15) is 24.4 Å². The predicted molar refractivity (Wildman–Crippen MR) is 69.3 cm³/mol. The van der Waals surface area contributed by atoms with Gasteiger partial charge in [0.05, 0.1) is 11.7 Å². The first-order valence-corrected chi connectivity index (χ1v) is 6.40. The van der Waals surface area contributed by atoms with E-state index in [1.165, 1.54) is 0 Å². The van der Waals surface area contributed by atoms with Gasteiger partial charge < -0.3 is 40.5 Å². The highest BCUT2D eigenvalue weighted by molar-refractivity contribution is 5.91. The normalized spacial score (nSPS) is 31.7. The van der Waals surface area contributed by atoms with Gasteiger partial charge in [-0.25, -0.2) is 4.79 Å². The number of carbonyl (C=O) groups excluding carboxylic acids is 1. The van der Waals surface area contributed by atoms with E-state index in [9.17, 15) is 40.5 Å². The summed E-state index contributed by atoms with van der Waals surface area (Å²) in [5.74, 6) is -3.35. The van der Waals surface area contributed by atoms with Crippen molar-refractivity contribution in [3.63, 3.8) is 0 Å². The third kappa shape index (κ3) is 2.92. The van der Waals surface area contributed by atoms with E-state index in [1.807, 2.05) is 0 Å². The second kappa shape index (κ2) is 5.97. The van der Waals surface area contributed by atoms with Crippen LogP contribution >= 0.6 is 0 Å². The van der Waals surface area contributed by atoms with E-state index in [4.69, 9.17) is 4.74 Å². The fraction of sp³-hybridized carbons (Fsp3) is 0.462. The van der Waals surface area contributed by atoms with E-state index in [0.717, 1.165) is 12.1 Å². The molecule has 7 N–H and O–H groups in total. The molecule has 0 bridgehead atoms. The highest BCUT2D eigenvalue weighted by Gasteiger charge is 2.44. The topological polar surface area (TPSA) is 168 Å². The summed E-state index contributed by atoms with van der Waals surface area (Å²) in [6.07, 6.45) is -7.85. The Hall–Kier alpha value is -2.07. The molecule has 0 heterocycles. The molecule has 5 atom stereocenters. The average Bonchev–Trinajstić information content (AvgIpc) is 2.47. The quantitative estimate of drug-likeness (QED) is 0.245.